The Balaban J connectivity index is 1.59. The van der Waals surface area contributed by atoms with Crippen LogP contribution in [0.4, 0.5) is 0 Å². The van der Waals surface area contributed by atoms with Crippen LogP contribution < -0.4 is 0 Å². The predicted octanol–water partition coefficient (Wildman–Crippen LogP) is 4.46. The summed E-state index contributed by atoms with van der Waals surface area (Å²) >= 11 is 6.00. The molecule has 1 aliphatic heterocycles. The Morgan fingerprint density at radius 1 is 1.17 bits per heavy atom. The molecule has 0 spiro atoms. The third kappa shape index (κ3) is 3.76. The van der Waals surface area contributed by atoms with Crippen LogP contribution in [-0.2, 0) is 16.6 Å². The monoisotopic (exact) mass is 327 g/mol. The van der Waals surface area contributed by atoms with E-state index in [1.807, 2.05) is 35.2 Å². The van der Waals surface area contributed by atoms with E-state index in [9.17, 15) is 4.79 Å². The fraction of sp³-hybridized carbons (Fsp3) is 0.350. The first-order valence-electron chi connectivity index (χ1n) is 8.15. The number of aryl methyl sites for hydroxylation is 1. The minimum atomic E-state index is 0.0764. The lowest BCUT2D eigenvalue weighted by atomic mass is 9.82. The summed E-state index contributed by atoms with van der Waals surface area (Å²) in [7, 11) is 0. The summed E-state index contributed by atoms with van der Waals surface area (Å²) < 4.78 is 0. The van der Waals surface area contributed by atoms with Crippen LogP contribution in [-0.4, -0.2) is 23.9 Å². The number of nitrogens with zero attached hydrogens (tertiary/aromatic N) is 1. The molecule has 1 fully saturated rings. The highest BCUT2D eigenvalue weighted by molar-refractivity contribution is 6.30. The van der Waals surface area contributed by atoms with Crippen LogP contribution in [0.15, 0.2) is 54.6 Å². The molecule has 1 saturated heterocycles. The number of likely N-dealkylation sites (tertiary alicyclic amines) is 1. The second-order valence-electron chi connectivity index (χ2n) is 6.62. The first-order chi connectivity index (χ1) is 11.1. The van der Waals surface area contributed by atoms with E-state index in [-0.39, 0.29) is 11.3 Å². The minimum absolute atomic E-state index is 0.0764. The maximum Gasteiger partial charge on any atom is 0.222 e. The van der Waals surface area contributed by atoms with E-state index < -0.39 is 0 Å². The number of carbonyl (C=O) groups excluding carboxylic acids is 1. The van der Waals surface area contributed by atoms with Crippen molar-refractivity contribution in [2.24, 2.45) is 0 Å². The van der Waals surface area contributed by atoms with E-state index in [2.05, 4.69) is 31.2 Å². The van der Waals surface area contributed by atoms with Gasteiger partial charge in [0, 0.05) is 29.9 Å². The quantitative estimate of drug-likeness (QED) is 0.811. The molecule has 0 aliphatic carbocycles. The molecule has 3 heteroatoms. The summed E-state index contributed by atoms with van der Waals surface area (Å²) in [6.07, 6.45) is 2.32. The first-order valence-corrected chi connectivity index (χ1v) is 8.52. The van der Waals surface area contributed by atoms with Crippen LogP contribution in [0.5, 0.6) is 0 Å². The molecule has 2 aromatic carbocycles. The molecule has 1 unspecified atom stereocenters. The van der Waals surface area contributed by atoms with Crippen molar-refractivity contribution in [1.29, 1.82) is 0 Å². The molecular weight excluding hydrogens is 306 g/mol. The molecule has 0 aromatic heterocycles. The van der Waals surface area contributed by atoms with E-state index in [0.29, 0.717) is 6.42 Å². The zero-order valence-corrected chi connectivity index (χ0v) is 14.2. The maximum atomic E-state index is 12.5. The zero-order valence-electron chi connectivity index (χ0n) is 13.5. The third-order valence-corrected chi connectivity index (χ3v) is 5.05. The van der Waals surface area contributed by atoms with Crippen LogP contribution in [0.2, 0.25) is 5.02 Å². The van der Waals surface area contributed by atoms with Gasteiger partial charge in [-0.3, -0.25) is 4.79 Å². The van der Waals surface area contributed by atoms with Gasteiger partial charge in [-0.15, -0.1) is 0 Å². The molecule has 120 valence electrons. The standard InChI is InChI=1S/C20H22ClNO/c1-20(17-7-3-2-4-8-17)12-13-22(15-20)19(23)11-10-16-6-5-9-18(21)14-16/h2-9,14H,10-13,15H2,1H3. The van der Waals surface area contributed by atoms with Gasteiger partial charge in [0.05, 0.1) is 0 Å². The van der Waals surface area contributed by atoms with Crippen molar-refractivity contribution in [3.05, 3.63) is 70.7 Å². The van der Waals surface area contributed by atoms with E-state index in [1.165, 1.54) is 5.56 Å². The van der Waals surface area contributed by atoms with Crippen molar-refractivity contribution in [3.8, 4) is 0 Å². The topological polar surface area (TPSA) is 20.3 Å². The fourth-order valence-electron chi connectivity index (χ4n) is 3.35. The van der Waals surface area contributed by atoms with E-state index in [4.69, 9.17) is 11.6 Å². The van der Waals surface area contributed by atoms with Gasteiger partial charge in [-0.05, 0) is 36.1 Å². The molecule has 0 bridgehead atoms. The number of benzene rings is 2. The SMILES string of the molecule is CC1(c2ccccc2)CCN(C(=O)CCc2cccc(Cl)c2)C1. The van der Waals surface area contributed by atoms with Gasteiger partial charge in [-0.1, -0.05) is 61.0 Å². The molecule has 0 radical (unpaired) electrons. The number of hydrogen-bond acceptors (Lipinski definition) is 1. The van der Waals surface area contributed by atoms with Crippen molar-refractivity contribution in [3.63, 3.8) is 0 Å². The summed E-state index contributed by atoms with van der Waals surface area (Å²) in [5.41, 5.74) is 2.52. The summed E-state index contributed by atoms with van der Waals surface area (Å²) in [6.45, 7) is 3.91. The largest absolute Gasteiger partial charge is 0.342 e. The van der Waals surface area contributed by atoms with Gasteiger partial charge >= 0.3 is 0 Å². The smallest absolute Gasteiger partial charge is 0.222 e. The molecule has 2 aromatic rings. The van der Waals surface area contributed by atoms with Gasteiger partial charge in [0.1, 0.15) is 0 Å². The number of halogens is 1. The summed E-state index contributed by atoms with van der Waals surface area (Å²) in [5.74, 6) is 0.240. The second kappa shape index (κ2) is 6.76. The summed E-state index contributed by atoms with van der Waals surface area (Å²) in [4.78, 5) is 14.5. The summed E-state index contributed by atoms with van der Waals surface area (Å²) in [5, 5.41) is 0.729. The highest BCUT2D eigenvalue weighted by Crippen LogP contribution is 2.34. The molecule has 1 aliphatic rings. The molecule has 3 rings (SSSR count). The number of rotatable bonds is 4. The van der Waals surface area contributed by atoms with Crippen LogP contribution >= 0.6 is 11.6 Å². The molecule has 23 heavy (non-hydrogen) atoms. The Morgan fingerprint density at radius 2 is 1.96 bits per heavy atom. The Labute approximate surface area is 143 Å². The number of amides is 1. The van der Waals surface area contributed by atoms with E-state index in [0.717, 1.165) is 36.5 Å². The van der Waals surface area contributed by atoms with Crippen LogP contribution in [0.1, 0.15) is 30.9 Å². The van der Waals surface area contributed by atoms with Crippen molar-refractivity contribution in [2.75, 3.05) is 13.1 Å². The van der Waals surface area contributed by atoms with Crippen molar-refractivity contribution in [1.82, 2.24) is 4.90 Å². The van der Waals surface area contributed by atoms with Gasteiger partial charge in [-0.2, -0.15) is 0 Å². The number of carbonyl (C=O) groups is 1. The van der Waals surface area contributed by atoms with Gasteiger partial charge in [0.15, 0.2) is 0 Å². The van der Waals surface area contributed by atoms with E-state index in [1.54, 1.807) is 0 Å². The normalized spacial score (nSPS) is 20.7. The molecule has 1 amide bonds. The highest BCUT2D eigenvalue weighted by atomic mass is 35.5. The molecule has 0 saturated carbocycles. The number of hydrogen-bond donors (Lipinski definition) is 0. The lowest BCUT2D eigenvalue weighted by molar-refractivity contribution is -0.130. The van der Waals surface area contributed by atoms with Crippen LogP contribution in [0.3, 0.4) is 0 Å². The van der Waals surface area contributed by atoms with Gasteiger partial charge in [0.25, 0.3) is 0 Å². The first kappa shape index (κ1) is 16.1. The fourth-order valence-corrected chi connectivity index (χ4v) is 3.56. The minimum Gasteiger partial charge on any atom is -0.342 e. The van der Waals surface area contributed by atoms with Gasteiger partial charge < -0.3 is 4.90 Å². The van der Waals surface area contributed by atoms with Crippen molar-refractivity contribution < 1.29 is 4.79 Å². The molecule has 0 N–H and O–H groups in total. The second-order valence-corrected chi connectivity index (χ2v) is 7.06. The van der Waals surface area contributed by atoms with Crippen LogP contribution in [0, 0.1) is 0 Å². The van der Waals surface area contributed by atoms with Gasteiger partial charge in [-0.25, -0.2) is 0 Å². The Kier molecular flexibility index (Phi) is 4.72. The average Bonchev–Trinajstić information content (AvgIpc) is 2.97. The Hall–Kier alpha value is -1.80. The summed E-state index contributed by atoms with van der Waals surface area (Å²) in [6, 6.07) is 18.3. The lowest BCUT2D eigenvalue weighted by Crippen LogP contribution is -2.33. The predicted molar refractivity (Wildman–Crippen MR) is 94.8 cm³/mol. The molecule has 1 atom stereocenters. The van der Waals surface area contributed by atoms with E-state index >= 15 is 0 Å². The lowest BCUT2D eigenvalue weighted by Gasteiger charge is -2.25. The third-order valence-electron chi connectivity index (χ3n) is 4.81. The highest BCUT2D eigenvalue weighted by Gasteiger charge is 2.36. The Morgan fingerprint density at radius 3 is 2.70 bits per heavy atom. The van der Waals surface area contributed by atoms with Crippen molar-refractivity contribution in [2.45, 2.75) is 31.6 Å². The Bertz CT molecular complexity index is 685. The molecule has 2 nitrogen and oxygen atoms in total. The van der Waals surface area contributed by atoms with Crippen LogP contribution in [0.25, 0.3) is 0 Å². The molecular formula is C20H22ClNO. The molecule has 1 heterocycles. The zero-order chi connectivity index (χ0) is 16.3. The average molecular weight is 328 g/mol. The van der Waals surface area contributed by atoms with Crippen molar-refractivity contribution >= 4 is 17.5 Å². The van der Waals surface area contributed by atoms with Gasteiger partial charge in [0.2, 0.25) is 5.91 Å². The maximum absolute atomic E-state index is 12.5.